The molecule has 0 unspecified atom stereocenters. The van der Waals surface area contributed by atoms with Gasteiger partial charge < -0.3 is 9.47 Å². The molecular weight excluding hydrogens is 600 g/mol. The largest absolute Gasteiger partial charge is 0.462 e. The van der Waals surface area contributed by atoms with E-state index < -0.39 is 0 Å². The fourth-order valence-corrected chi connectivity index (χ4v) is 6.92. The van der Waals surface area contributed by atoms with Gasteiger partial charge in [-0.25, -0.2) is 9.59 Å². The van der Waals surface area contributed by atoms with E-state index in [1.165, 1.54) is 74.0 Å². The monoisotopic (exact) mass is 634 g/mol. The molecule has 0 aliphatic carbocycles. The van der Waals surface area contributed by atoms with Gasteiger partial charge in [0.1, 0.15) is 0 Å². The summed E-state index contributed by atoms with van der Waals surface area (Å²) >= 11 is 9.94. The first-order valence-electron chi connectivity index (χ1n) is 12.4. The quantitative estimate of drug-likeness (QED) is 0.128. The molecule has 0 atom stereocenters. The lowest BCUT2D eigenvalue weighted by atomic mass is 10.1. The Morgan fingerprint density at radius 2 is 1.00 bits per heavy atom. The van der Waals surface area contributed by atoms with E-state index in [0.29, 0.717) is 24.3 Å². The fourth-order valence-electron chi connectivity index (χ4n) is 3.51. The highest BCUT2D eigenvalue weighted by Crippen LogP contribution is 2.42. The Bertz CT molecular complexity index is 819. The molecule has 8 heteroatoms. The molecule has 2 aromatic rings. The Balaban J connectivity index is 1.85. The van der Waals surface area contributed by atoms with Crippen LogP contribution in [0.5, 0.6) is 0 Å². The van der Waals surface area contributed by atoms with Crippen molar-refractivity contribution in [3.05, 3.63) is 30.8 Å². The molecule has 0 amide bonds. The van der Waals surface area contributed by atoms with Crippen LogP contribution < -0.4 is 0 Å². The van der Waals surface area contributed by atoms with Gasteiger partial charge in [0, 0.05) is 9.75 Å². The van der Waals surface area contributed by atoms with Crippen LogP contribution in [0.15, 0.2) is 19.7 Å². The first-order chi connectivity index (χ1) is 16.5. The summed E-state index contributed by atoms with van der Waals surface area (Å²) in [7, 11) is 0. The first kappa shape index (κ1) is 29.5. The number of unbranched alkanes of at least 4 members (excludes halogenated alkanes) is 10. The number of carbonyl (C=O) groups is 2. The highest BCUT2D eigenvalue weighted by Gasteiger charge is 2.21. The summed E-state index contributed by atoms with van der Waals surface area (Å²) in [4.78, 5) is 26.9. The van der Waals surface area contributed by atoms with Gasteiger partial charge in [-0.2, -0.15) is 0 Å². The summed E-state index contributed by atoms with van der Waals surface area (Å²) in [5.74, 6) is -0.616. The number of thiophene rings is 2. The van der Waals surface area contributed by atoms with Gasteiger partial charge >= 0.3 is 11.9 Å². The van der Waals surface area contributed by atoms with Gasteiger partial charge in [0.2, 0.25) is 0 Å². The van der Waals surface area contributed by atoms with Crippen molar-refractivity contribution in [3.63, 3.8) is 0 Å². The van der Waals surface area contributed by atoms with E-state index in [9.17, 15) is 9.59 Å². The molecule has 190 valence electrons. The van der Waals surface area contributed by atoms with Gasteiger partial charge in [0.25, 0.3) is 0 Å². The van der Waals surface area contributed by atoms with Gasteiger partial charge in [-0.1, -0.05) is 78.1 Å². The van der Waals surface area contributed by atoms with E-state index >= 15 is 0 Å². The van der Waals surface area contributed by atoms with E-state index in [1.54, 1.807) is 0 Å². The molecule has 4 nitrogen and oxygen atoms in total. The van der Waals surface area contributed by atoms with Gasteiger partial charge in [-0.05, 0) is 56.8 Å². The Hall–Kier alpha value is -0.700. The molecule has 0 spiro atoms. The smallest absolute Gasteiger partial charge is 0.340 e. The lowest BCUT2D eigenvalue weighted by Crippen LogP contribution is -2.06. The zero-order valence-corrected chi connectivity index (χ0v) is 25.1. The Labute approximate surface area is 229 Å². The summed E-state index contributed by atoms with van der Waals surface area (Å²) < 4.78 is 12.4. The van der Waals surface area contributed by atoms with Crippen LogP contribution in [0.2, 0.25) is 0 Å². The molecule has 0 aliphatic rings. The maximum atomic E-state index is 12.5. The van der Waals surface area contributed by atoms with Gasteiger partial charge in [0.05, 0.1) is 31.9 Å². The van der Waals surface area contributed by atoms with E-state index in [2.05, 4.69) is 45.7 Å². The SMILES string of the molecule is CCCCCCCCOC(=O)c1cc(-c2cc(C(=O)OCCCCCCCC)c(Br)s2)sc1Br. The van der Waals surface area contributed by atoms with Crippen LogP contribution in [0, 0.1) is 0 Å². The summed E-state index contributed by atoms with van der Waals surface area (Å²) in [6.45, 7) is 5.30. The number of rotatable bonds is 17. The molecule has 34 heavy (non-hydrogen) atoms. The summed E-state index contributed by atoms with van der Waals surface area (Å²) in [6, 6.07) is 3.67. The van der Waals surface area contributed by atoms with Crippen molar-refractivity contribution in [2.24, 2.45) is 0 Å². The second-order valence-electron chi connectivity index (χ2n) is 8.40. The second kappa shape index (κ2) is 16.9. The fraction of sp³-hybridized carbons (Fsp3) is 0.615. The standard InChI is InChI=1S/C26H36Br2O4S2/c1-3-5-7-9-11-13-15-31-25(29)19-17-21(33-23(19)27)22-18-20(24(28)34-22)26(30)32-16-14-12-10-8-6-4-2/h17-18H,3-16H2,1-2H3. The predicted octanol–water partition coefficient (Wildman–Crippen LogP) is 10.0. The van der Waals surface area contributed by atoms with Gasteiger partial charge in [-0.3, -0.25) is 0 Å². The third-order valence-corrected chi connectivity index (χ3v) is 9.39. The van der Waals surface area contributed by atoms with Crippen molar-refractivity contribution in [2.45, 2.75) is 90.9 Å². The predicted molar refractivity (Wildman–Crippen MR) is 150 cm³/mol. The van der Waals surface area contributed by atoms with Crippen LogP contribution in [0.25, 0.3) is 9.75 Å². The molecule has 0 saturated heterocycles. The van der Waals surface area contributed by atoms with Crippen LogP contribution in [0.1, 0.15) is 112 Å². The van der Waals surface area contributed by atoms with Gasteiger partial charge in [0.15, 0.2) is 0 Å². The summed E-state index contributed by atoms with van der Waals surface area (Å²) in [6.07, 6.45) is 13.8. The molecule has 0 saturated carbocycles. The normalized spacial score (nSPS) is 11.1. The van der Waals surface area contributed by atoms with Crippen molar-refractivity contribution in [3.8, 4) is 9.75 Å². The van der Waals surface area contributed by atoms with Crippen molar-refractivity contribution in [1.82, 2.24) is 0 Å². The maximum absolute atomic E-state index is 12.5. The molecular formula is C26H36Br2O4S2. The number of ether oxygens (including phenoxy) is 2. The van der Waals surface area contributed by atoms with E-state index in [-0.39, 0.29) is 11.9 Å². The van der Waals surface area contributed by atoms with Crippen molar-refractivity contribution < 1.29 is 19.1 Å². The average Bonchev–Trinajstić information content (AvgIpc) is 3.40. The zero-order valence-electron chi connectivity index (χ0n) is 20.3. The van der Waals surface area contributed by atoms with E-state index in [4.69, 9.17) is 9.47 Å². The van der Waals surface area contributed by atoms with Crippen LogP contribution >= 0.6 is 54.5 Å². The van der Waals surface area contributed by atoms with Crippen molar-refractivity contribution in [2.75, 3.05) is 13.2 Å². The Morgan fingerprint density at radius 1 is 0.647 bits per heavy atom. The third-order valence-electron chi connectivity index (χ3n) is 5.52. The van der Waals surface area contributed by atoms with Crippen LogP contribution in [0.4, 0.5) is 0 Å². The zero-order chi connectivity index (χ0) is 24.8. The molecule has 2 aromatic heterocycles. The molecule has 0 aromatic carbocycles. The summed E-state index contributed by atoms with van der Waals surface area (Å²) in [5.41, 5.74) is 1.06. The van der Waals surface area contributed by atoms with Crippen molar-refractivity contribution >= 4 is 66.5 Å². The number of hydrogen-bond acceptors (Lipinski definition) is 6. The van der Waals surface area contributed by atoms with Crippen LogP contribution in [-0.2, 0) is 9.47 Å². The Kier molecular flexibility index (Phi) is 14.7. The highest BCUT2D eigenvalue weighted by atomic mass is 79.9. The van der Waals surface area contributed by atoms with E-state index in [1.807, 2.05) is 12.1 Å². The first-order valence-corrected chi connectivity index (χ1v) is 15.6. The molecule has 0 bridgehead atoms. The van der Waals surface area contributed by atoms with Crippen LogP contribution in [0.3, 0.4) is 0 Å². The topological polar surface area (TPSA) is 52.6 Å². The lowest BCUT2D eigenvalue weighted by Gasteiger charge is -2.04. The lowest BCUT2D eigenvalue weighted by molar-refractivity contribution is 0.0488. The highest BCUT2D eigenvalue weighted by molar-refractivity contribution is 9.11. The number of halogens is 2. The minimum atomic E-state index is -0.308. The molecule has 0 aliphatic heterocycles. The molecule has 0 fully saturated rings. The molecule has 2 heterocycles. The number of carbonyl (C=O) groups excluding carboxylic acids is 2. The molecule has 0 N–H and O–H groups in total. The minimum absolute atomic E-state index is 0.308. The number of hydrogen-bond donors (Lipinski definition) is 0. The average molecular weight is 637 g/mol. The summed E-state index contributed by atoms with van der Waals surface area (Å²) in [5, 5.41) is 0. The maximum Gasteiger partial charge on any atom is 0.340 e. The minimum Gasteiger partial charge on any atom is -0.462 e. The molecule has 0 radical (unpaired) electrons. The van der Waals surface area contributed by atoms with Crippen LogP contribution in [-0.4, -0.2) is 25.2 Å². The third kappa shape index (κ3) is 10.1. The Morgan fingerprint density at radius 3 is 1.38 bits per heavy atom. The van der Waals surface area contributed by atoms with Crippen molar-refractivity contribution in [1.29, 1.82) is 0 Å². The molecule has 2 rings (SSSR count). The number of esters is 2. The second-order valence-corrected chi connectivity index (χ2v) is 13.1. The van der Waals surface area contributed by atoms with Gasteiger partial charge in [-0.15, -0.1) is 22.7 Å². The van der Waals surface area contributed by atoms with E-state index in [0.717, 1.165) is 43.0 Å².